The predicted octanol–water partition coefficient (Wildman–Crippen LogP) is 1.81. The molecule has 0 aromatic heterocycles. The highest BCUT2D eigenvalue weighted by molar-refractivity contribution is 7.89. The first-order valence-electron chi connectivity index (χ1n) is 5.76. The molecule has 2 N–H and O–H groups in total. The summed E-state index contributed by atoms with van der Waals surface area (Å²) in [5.41, 5.74) is -0.640. The van der Waals surface area contributed by atoms with Crippen molar-refractivity contribution in [3.8, 4) is 5.75 Å². The molecule has 1 rings (SSSR count). The Morgan fingerprint density at radius 3 is 2.50 bits per heavy atom. The number of hydrogen-bond donors (Lipinski definition) is 1. The van der Waals surface area contributed by atoms with E-state index in [1.807, 2.05) is 13.8 Å². The molecular formula is C11H15FN2O5S. The van der Waals surface area contributed by atoms with E-state index in [-0.39, 0.29) is 12.4 Å². The maximum absolute atomic E-state index is 13.6. The van der Waals surface area contributed by atoms with Crippen LogP contribution < -0.4 is 9.88 Å². The lowest BCUT2D eigenvalue weighted by atomic mass is 10.1. The van der Waals surface area contributed by atoms with Crippen LogP contribution in [0.15, 0.2) is 17.0 Å². The van der Waals surface area contributed by atoms with Gasteiger partial charge in [-0.2, -0.15) is 0 Å². The van der Waals surface area contributed by atoms with Crippen molar-refractivity contribution in [1.82, 2.24) is 0 Å². The number of sulfonamides is 1. The first kappa shape index (κ1) is 16.3. The third-order valence-electron chi connectivity index (χ3n) is 2.47. The molecule has 0 spiro atoms. The molecule has 0 aliphatic heterocycles. The van der Waals surface area contributed by atoms with Crippen LogP contribution in [-0.4, -0.2) is 19.9 Å². The molecule has 0 fully saturated rings. The van der Waals surface area contributed by atoms with Crippen molar-refractivity contribution in [2.45, 2.75) is 25.2 Å². The Hall–Kier alpha value is -1.74. The Kier molecular flexibility index (Phi) is 5.01. The third kappa shape index (κ3) is 4.14. The quantitative estimate of drug-likeness (QED) is 0.636. The van der Waals surface area contributed by atoms with Gasteiger partial charge >= 0.3 is 5.69 Å². The highest BCUT2D eigenvalue weighted by atomic mass is 32.2. The number of nitro benzene ring substituents is 1. The largest absolute Gasteiger partial charge is 0.487 e. The van der Waals surface area contributed by atoms with E-state index in [4.69, 9.17) is 9.88 Å². The zero-order chi connectivity index (χ0) is 15.5. The van der Waals surface area contributed by atoms with E-state index in [0.29, 0.717) is 24.5 Å². The second kappa shape index (κ2) is 6.14. The summed E-state index contributed by atoms with van der Waals surface area (Å²) in [5, 5.41) is 15.7. The molecule has 0 unspecified atom stereocenters. The van der Waals surface area contributed by atoms with Gasteiger partial charge < -0.3 is 4.74 Å². The maximum atomic E-state index is 13.6. The van der Waals surface area contributed by atoms with Gasteiger partial charge in [0.15, 0.2) is 5.75 Å². The molecule has 0 radical (unpaired) electrons. The number of nitrogens with zero attached hydrogens (tertiary/aromatic N) is 1. The molecule has 0 saturated heterocycles. The number of nitrogens with two attached hydrogens (primary N) is 1. The van der Waals surface area contributed by atoms with Crippen molar-refractivity contribution in [1.29, 1.82) is 0 Å². The lowest BCUT2D eigenvalue weighted by molar-refractivity contribution is -0.386. The Morgan fingerprint density at radius 2 is 2.05 bits per heavy atom. The first-order chi connectivity index (χ1) is 9.12. The zero-order valence-corrected chi connectivity index (χ0v) is 11.8. The third-order valence-corrected chi connectivity index (χ3v) is 3.40. The number of halogens is 1. The Labute approximate surface area is 115 Å². The summed E-state index contributed by atoms with van der Waals surface area (Å²) in [4.78, 5) is 9.10. The minimum Gasteiger partial charge on any atom is -0.487 e. The topological polar surface area (TPSA) is 113 Å². The van der Waals surface area contributed by atoms with Crippen molar-refractivity contribution in [2.24, 2.45) is 11.1 Å². The van der Waals surface area contributed by atoms with Crippen molar-refractivity contribution < 1.29 is 22.5 Å². The highest BCUT2D eigenvalue weighted by Gasteiger charge is 2.24. The summed E-state index contributed by atoms with van der Waals surface area (Å²) in [6.07, 6.45) is 0.621. The molecule has 0 heterocycles. The van der Waals surface area contributed by atoms with Crippen molar-refractivity contribution in [3.63, 3.8) is 0 Å². The second-order valence-corrected chi connectivity index (χ2v) is 6.11. The molecule has 9 heteroatoms. The normalized spacial score (nSPS) is 11.7. The van der Waals surface area contributed by atoms with Crippen LogP contribution >= 0.6 is 0 Å². The monoisotopic (exact) mass is 306 g/mol. The van der Waals surface area contributed by atoms with Crippen LogP contribution in [0.2, 0.25) is 0 Å². The van der Waals surface area contributed by atoms with Crippen LogP contribution in [0.5, 0.6) is 5.75 Å². The molecule has 7 nitrogen and oxygen atoms in total. The summed E-state index contributed by atoms with van der Waals surface area (Å²) in [7, 11) is -4.38. The molecule has 0 aliphatic rings. The summed E-state index contributed by atoms with van der Waals surface area (Å²) in [6.45, 7) is 4.03. The minimum atomic E-state index is -4.38. The average Bonchev–Trinajstić information content (AvgIpc) is 2.26. The molecule has 20 heavy (non-hydrogen) atoms. The fourth-order valence-corrected chi connectivity index (χ4v) is 2.01. The summed E-state index contributed by atoms with van der Waals surface area (Å²) in [6, 6.07) is 1.23. The van der Waals surface area contributed by atoms with E-state index >= 15 is 0 Å². The molecule has 0 saturated carbocycles. The van der Waals surface area contributed by atoms with Gasteiger partial charge in [0.1, 0.15) is 10.7 Å². The van der Waals surface area contributed by atoms with Gasteiger partial charge in [0.2, 0.25) is 10.0 Å². The average molecular weight is 306 g/mol. The summed E-state index contributed by atoms with van der Waals surface area (Å²) >= 11 is 0. The van der Waals surface area contributed by atoms with Crippen LogP contribution in [-0.2, 0) is 10.0 Å². The van der Waals surface area contributed by atoms with Crippen LogP contribution in [0.1, 0.15) is 20.3 Å². The van der Waals surface area contributed by atoms with E-state index in [2.05, 4.69) is 0 Å². The second-order valence-electron chi connectivity index (χ2n) is 4.58. The SMILES string of the molecule is CC(C)CCOc1cc(F)c(S(N)(=O)=O)cc1[N+](=O)[O-]. The fraction of sp³-hybridized carbons (Fsp3) is 0.455. The number of benzene rings is 1. The smallest absolute Gasteiger partial charge is 0.312 e. The van der Waals surface area contributed by atoms with E-state index in [0.717, 1.165) is 0 Å². The number of hydrogen-bond acceptors (Lipinski definition) is 5. The molecule has 0 aliphatic carbocycles. The molecular weight excluding hydrogens is 291 g/mol. The lowest BCUT2D eigenvalue weighted by Gasteiger charge is -2.09. The van der Waals surface area contributed by atoms with Gasteiger partial charge in [-0.1, -0.05) is 13.8 Å². The number of rotatable bonds is 6. The molecule has 1 aromatic rings. The molecule has 1 aromatic carbocycles. The van der Waals surface area contributed by atoms with Gasteiger partial charge in [-0.15, -0.1) is 0 Å². The number of primary sulfonamides is 1. The number of ether oxygens (including phenoxy) is 1. The van der Waals surface area contributed by atoms with Gasteiger partial charge in [0.05, 0.1) is 11.5 Å². The van der Waals surface area contributed by atoms with Crippen LogP contribution in [0, 0.1) is 21.8 Å². The molecule has 112 valence electrons. The Morgan fingerprint density at radius 1 is 1.45 bits per heavy atom. The van der Waals surface area contributed by atoms with Gasteiger partial charge in [-0.3, -0.25) is 10.1 Å². The lowest BCUT2D eigenvalue weighted by Crippen LogP contribution is -2.15. The Balaban J connectivity index is 3.19. The fourth-order valence-electron chi connectivity index (χ4n) is 1.41. The van der Waals surface area contributed by atoms with Gasteiger partial charge in [0.25, 0.3) is 0 Å². The standard InChI is InChI=1S/C11H15FN2O5S/c1-7(2)3-4-19-10-5-8(12)11(20(13,17)18)6-9(10)14(15)16/h5-7H,3-4H2,1-2H3,(H2,13,17,18). The maximum Gasteiger partial charge on any atom is 0.312 e. The molecule has 0 amide bonds. The van der Waals surface area contributed by atoms with Crippen molar-refractivity contribution >= 4 is 15.7 Å². The highest BCUT2D eigenvalue weighted by Crippen LogP contribution is 2.31. The van der Waals surface area contributed by atoms with E-state index in [9.17, 15) is 22.9 Å². The van der Waals surface area contributed by atoms with E-state index in [1.54, 1.807) is 0 Å². The summed E-state index contributed by atoms with van der Waals surface area (Å²) < 4.78 is 41.0. The zero-order valence-electron chi connectivity index (χ0n) is 11.0. The first-order valence-corrected chi connectivity index (χ1v) is 7.31. The van der Waals surface area contributed by atoms with Crippen molar-refractivity contribution in [2.75, 3.05) is 6.61 Å². The van der Waals surface area contributed by atoms with Crippen LogP contribution in [0.3, 0.4) is 0 Å². The summed E-state index contributed by atoms with van der Waals surface area (Å²) in [5.74, 6) is -1.19. The van der Waals surface area contributed by atoms with Crippen molar-refractivity contribution in [3.05, 3.63) is 28.1 Å². The minimum absolute atomic E-state index is 0.159. The van der Waals surface area contributed by atoms with E-state index in [1.165, 1.54) is 0 Å². The number of nitro groups is 1. The Bertz CT molecular complexity index is 615. The van der Waals surface area contributed by atoms with Crippen LogP contribution in [0.25, 0.3) is 0 Å². The predicted molar refractivity (Wildman–Crippen MR) is 69.4 cm³/mol. The van der Waals surface area contributed by atoms with Crippen LogP contribution in [0.4, 0.5) is 10.1 Å². The van der Waals surface area contributed by atoms with Gasteiger partial charge in [-0.05, 0) is 12.3 Å². The van der Waals surface area contributed by atoms with E-state index < -0.39 is 31.3 Å². The van der Waals surface area contributed by atoms with Gasteiger partial charge in [0, 0.05) is 12.1 Å². The molecule has 0 bridgehead atoms. The molecule has 0 atom stereocenters. The van der Waals surface area contributed by atoms with Gasteiger partial charge in [-0.25, -0.2) is 17.9 Å².